The molecule has 0 fully saturated rings. The van der Waals surface area contributed by atoms with Crippen LogP contribution in [0.5, 0.6) is 0 Å². The largest absolute Gasteiger partial charge is 0.477 e. The number of carboxylic acid groups (broad SMARTS) is 1. The van der Waals surface area contributed by atoms with Crippen LogP contribution in [0.3, 0.4) is 0 Å². The van der Waals surface area contributed by atoms with Crippen molar-refractivity contribution in [3.63, 3.8) is 0 Å². The summed E-state index contributed by atoms with van der Waals surface area (Å²) in [6, 6.07) is 0. The first-order chi connectivity index (χ1) is 32.6. The van der Waals surface area contributed by atoms with Crippen LogP contribution < -0.4 is 0 Å². The molecule has 9 heteroatoms. The highest BCUT2D eigenvalue weighted by Crippen LogP contribution is 2.17. The third-order valence-corrected chi connectivity index (χ3v) is 13.0. The lowest BCUT2D eigenvalue weighted by molar-refractivity contribution is -0.870. The number of unbranched alkanes of at least 4 members (excludes halogenated alkanes) is 37. The zero-order valence-electron chi connectivity index (χ0n) is 45.1. The van der Waals surface area contributed by atoms with Crippen molar-refractivity contribution in [2.45, 2.75) is 296 Å². The minimum Gasteiger partial charge on any atom is -0.477 e. The Hall–Kier alpha value is -1.97. The van der Waals surface area contributed by atoms with E-state index in [9.17, 15) is 19.5 Å². The third-order valence-electron chi connectivity index (χ3n) is 13.0. The number of ether oxygens (including phenoxy) is 4. The molecule has 2 unspecified atom stereocenters. The Morgan fingerprint density at radius 2 is 0.761 bits per heavy atom. The molecule has 0 aromatic carbocycles. The molecule has 0 amide bonds. The van der Waals surface area contributed by atoms with Gasteiger partial charge >= 0.3 is 17.9 Å². The SMILES string of the molecule is CCCCCCCCCC/C=C\CCCCCCCCCCCCCCCCCCCC(=O)OC(COC(=O)CCCCCCCCCCCCCCC)COC(OCC[N+](C)(C)C)C(=O)O. The Kier molecular flexibility index (Phi) is 48.9. The maximum atomic E-state index is 12.9. The van der Waals surface area contributed by atoms with Gasteiger partial charge in [-0.3, -0.25) is 9.59 Å². The predicted octanol–water partition coefficient (Wildman–Crippen LogP) is 16.6. The van der Waals surface area contributed by atoms with Gasteiger partial charge in [0, 0.05) is 12.8 Å². The molecule has 0 radical (unpaired) electrons. The van der Waals surface area contributed by atoms with E-state index in [2.05, 4.69) is 26.0 Å². The quantitative estimate of drug-likeness (QED) is 0.0211. The normalized spacial score (nSPS) is 12.8. The van der Waals surface area contributed by atoms with Crippen LogP contribution in [0.15, 0.2) is 12.2 Å². The fourth-order valence-corrected chi connectivity index (χ4v) is 8.54. The molecular weight excluding hydrogens is 839 g/mol. The molecule has 0 aliphatic rings. The maximum Gasteiger partial charge on any atom is 0.361 e. The van der Waals surface area contributed by atoms with Gasteiger partial charge in [-0.15, -0.1) is 0 Å². The van der Waals surface area contributed by atoms with Crippen LogP contribution in [-0.4, -0.2) is 87.4 Å². The lowest BCUT2D eigenvalue weighted by atomic mass is 10.0. The number of carbonyl (C=O) groups excluding carboxylic acids is 2. The highest BCUT2D eigenvalue weighted by atomic mass is 16.7. The van der Waals surface area contributed by atoms with Crippen LogP contribution in [0, 0.1) is 0 Å². The van der Waals surface area contributed by atoms with E-state index in [1.165, 1.54) is 218 Å². The highest BCUT2D eigenvalue weighted by Gasteiger charge is 2.25. The number of hydrogen-bond acceptors (Lipinski definition) is 7. The van der Waals surface area contributed by atoms with Gasteiger partial charge < -0.3 is 28.5 Å². The molecular formula is C58H112NO8+. The Bertz CT molecular complexity index is 1110. The van der Waals surface area contributed by atoms with Gasteiger partial charge in [0.15, 0.2) is 6.10 Å². The molecule has 0 spiro atoms. The van der Waals surface area contributed by atoms with Gasteiger partial charge in [-0.2, -0.15) is 0 Å². The number of likely N-dealkylation sites (N-methyl/N-ethyl adjacent to an activating group) is 1. The number of carboxylic acids is 1. The van der Waals surface area contributed by atoms with Gasteiger partial charge in [-0.25, -0.2) is 4.79 Å². The van der Waals surface area contributed by atoms with E-state index in [0.29, 0.717) is 17.4 Å². The van der Waals surface area contributed by atoms with Crippen LogP contribution >= 0.6 is 0 Å². The lowest BCUT2D eigenvalue weighted by Crippen LogP contribution is -2.40. The average molecular weight is 952 g/mol. The standard InChI is InChI=1S/C58H111NO8/c1-6-8-10-12-14-16-18-20-21-22-23-24-25-26-27-28-29-30-31-32-33-34-35-37-39-41-43-45-47-49-56(61)67-54(53-66-58(57(62)63)64-51-50-59(3,4)5)52-65-55(60)48-46-44-42-40-38-36-19-17-15-13-11-9-7-2/h22-23,54,58H,6-21,24-53H2,1-5H3/p+1/b23-22-. The smallest absolute Gasteiger partial charge is 0.361 e. The van der Waals surface area contributed by atoms with E-state index in [1.807, 2.05) is 21.1 Å². The van der Waals surface area contributed by atoms with Crippen molar-refractivity contribution in [1.82, 2.24) is 0 Å². The summed E-state index contributed by atoms with van der Waals surface area (Å²) in [5, 5.41) is 9.68. The molecule has 1 N–H and O–H groups in total. The molecule has 0 aliphatic heterocycles. The maximum absolute atomic E-state index is 12.9. The molecule has 0 bridgehead atoms. The Labute approximate surface area is 415 Å². The molecule has 396 valence electrons. The number of rotatable bonds is 54. The zero-order chi connectivity index (χ0) is 49.2. The average Bonchev–Trinajstić information content (AvgIpc) is 3.29. The minimum absolute atomic E-state index is 0.174. The van der Waals surface area contributed by atoms with Gasteiger partial charge in [0.1, 0.15) is 13.2 Å². The fraction of sp³-hybridized carbons (Fsp3) is 0.914. The van der Waals surface area contributed by atoms with Gasteiger partial charge in [0.2, 0.25) is 0 Å². The van der Waals surface area contributed by atoms with Crippen molar-refractivity contribution >= 4 is 17.9 Å². The summed E-state index contributed by atoms with van der Waals surface area (Å²) in [6.45, 7) is 4.92. The summed E-state index contributed by atoms with van der Waals surface area (Å²) in [7, 11) is 5.98. The van der Waals surface area contributed by atoms with E-state index >= 15 is 0 Å². The van der Waals surface area contributed by atoms with E-state index in [0.717, 1.165) is 38.5 Å². The summed E-state index contributed by atoms with van der Waals surface area (Å²) in [5.74, 6) is -1.98. The van der Waals surface area contributed by atoms with Crippen LogP contribution in [-0.2, 0) is 33.3 Å². The second kappa shape index (κ2) is 50.4. The summed E-state index contributed by atoms with van der Waals surface area (Å²) in [5.41, 5.74) is 0. The Morgan fingerprint density at radius 3 is 1.10 bits per heavy atom. The fourth-order valence-electron chi connectivity index (χ4n) is 8.54. The first-order valence-electron chi connectivity index (χ1n) is 28.9. The van der Waals surface area contributed by atoms with Gasteiger partial charge in [0.05, 0.1) is 34.4 Å². The van der Waals surface area contributed by atoms with Crippen molar-refractivity contribution in [2.24, 2.45) is 0 Å². The first kappa shape index (κ1) is 65.0. The number of allylic oxidation sites excluding steroid dienone is 2. The van der Waals surface area contributed by atoms with Gasteiger partial charge in [0.25, 0.3) is 6.29 Å². The summed E-state index contributed by atoms with van der Waals surface area (Å²) >= 11 is 0. The number of carbonyl (C=O) groups is 3. The molecule has 0 saturated heterocycles. The van der Waals surface area contributed by atoms with Crippen LogP contribution in [0.1, 0.15) is 284 Å². The number of aliphatic carboxylic acids is 1. The van der Waals surface area contributed by atoms with Gasteiger partial charge in [-0.05, 0) is 38.5 Å². The van der Waals surface area contributed by atoms with Crippen LogP contribution in [0.2, 0.25) is 0 Å². The predicted molar refractivity (Wildman–Crippen MR) is 281 cm³/mol. The molecule has 0 rings (SSSR count). The second-order valence-corrected chi connectivity index (χ2v) is 21.0. The number of hydrogen-bond donors (Lipinski definition) is 1. The van der Waals surface area contributed by atoms with E-state index in [4.69, 9.17) is 18.9 Å². The third kappa shape index (κ3) is 51.7. The molecule has 9 nitrogen and oxygen atoms in total. The van der Waals surface area contributed by atoms with E-state index < -0.39 is 18.4 Å². The van der Waals surface area contributed by atoms with Crippen molar-refractivity contribution in [3.8, 4) is 0 Å². The topological polar surface area (TPSA) is 108 Å². The van der Waals surface area contributed by atoms with Crippen molar-refractivity contribution in [3.05, 3.63) is 12.2 Å². The molecule has 0 aromatic heterocycles. The second-order valence-electron chi connectivity index (χ2n) is 21.0. The van der Waals surface area contributed by atoms with Crippen molar-refractivity contribution < 1.29 is 42.9 Å². The number of quaternary nitrogens is 1. The summed E-state index contributed by atoms with van der Waals surface area (Å²) < 4.78 is 22.9. The van der Waals surface area contributed by atoms with E-state index in [-0.39, 0.29) is 38.2 Å². The number of esters is 2. The minimum atomic E-state index is -1.50. The lowest BCUT2D eigenvalue weighted by Gasteiger charge is -2.25. The molecule has 0 aliphatic carbocycles. The molecule has 67 heavy (non-hydrogen) atoms. The van der Waals surface area contributed by atoms with Crippen LogP contribution in [0.4, 0.5) is 0 Å². The first-order valence-corrected chi connectivity index (χ1v) is 28.9. The Balaban J connectivity index is 4.10. The number of nitrogens with zero attached hydrogens (tertiary/aromatic N) is 1. The van der Waals surface area contributed by atoms with Crippen LogP contribution in [0.25, 0.3) is 0 Å². The molecule has 2 atom stereocenters. The van der Waals surface area contributed by atoms with E-state index in [1.54, 1.807) is 0 Å². The van der Waals surface area contributed by atoms with Crippen molar-refractivity contribution in [2.75, 3.05) is 47.5 Å². The monoisotopic (exact) mass is 951 g/mol. The molecule has 0 saturated carbocycles. The molecule has 0 heterocycles. The van der Waals surface area contributed by atoms with Gasteiger partial charge in [-0.1, -0.05) is 244 Å². The van der Waals surface area contributed by atoms with Crippen molar-refractivity contribution in [1.29, 1.82) is 0 Å². The Morgan fingerprint density at radius 1 is 0.433 bits per heavy atom. The molecule has 0 aromatic rings. The summed E-state index contributed by atoms with van der Waals surface area (Å²) in [4.78, 5) is 37.3. The highest BCUT2D eigenvalue weighted by molar-refractivity contribution is 5.71. The summed E-state index contributed by atoms with van der Waals surface area (Å²) in [6.07, 6.45) is 54.4. The zero-order valence-corrected chi connectivity index (χ0v) is 45.1.